The average Bonchev–Trinajstić information content (AvgIpc) is 2.80. The lowest BCUT2D eigenvalue weighted by molar-refractivity contribution is -0.390. The molecule has 0 atom stereocenters. The van der Waals surface area contributed by atoms with Crippen LogP contribution in [-0.4, -0.2) is 33.7 Å². The Morgan fingerprint density at radius 1 is 1.13 bits per heavy atom. The lowest BCUT2D eigenvalue weighted by Crippen LogP contribution is -2.29. The third-order valence-electron chi connectivity index (χ3n) is 3.49. The molecule has 0 fully saturated rings. The van der Waals surface area contributed by atoms with Crippen LogP contribution in [0.15, 0.2) is 36.4 Å². The predicted octanol–water partition coefficient (Wildman–Crippen LogP) is 1.79. The normalized spacial score (nSPS) is 13.2. The number of ether oxygens (including phenoxy) is 1. The zero-order chi connectivity index (χ0) is 16.6. The summed E-state index contributed by atoms with van der Waals surface area (Å²) in [4.78, 5) is 39.7. The van der Waals surface area contributed by atoms with Crippen LogP contribution in [0.5, 0.6) is 5.75 Å². The van der Waals surface area contributed by atoms with E-state index in [1.54, 1.807) is 24.3 Å². The van der Waals surface area contributed by atoms with E-state index in [2.05, 4.69) is 4.98 Å². The van der Waals surface area contributed by atoms with E-state index in [1.807, 2.05) is 0 Å². The van der Waals surface area contributed by atoms with Crippen LogP contribution in [0.2, 0.25) is 0 Å². The minimum Gasteiger partial charge on any atom is -0.489 e. The number of fused-ring (bicyclic) bond motifs is 1. The molecule has 0 unspecified atom stereocenters. The summed E-state index contributed by atoms with van der Waals surface area (Å²) in [5.41, 5.74) is 0.869. The smallest absolute Gasteiger partial charge is 0.406 e. The molecule has 116 valence electrons. The fraction of sp³-hybridized carbons (Fsp3) is 0.133. The van der Waals surface area contributed by atoms with Crippen molar-refractivity contribution in [3.05, 3.63) is 63.3 Å². The Morgan fingerprint density at radius 3 is 2.26 bits per heavy atom. The maximum Gasteiger partial charge on any atom is 0.406 e. The van der Waals surface area contributed by atoms with E-state index in [4.69, 9.17) is 4.74 Å². The third-order valence-corrected chi connectivity index (χ3v) is 3.49. The molecular formula is C15H11N3O5. The van der Waals surface area contributed by atoms with Crippen LogP contribution >= 0.6 is 0 Å². The van der Waals surface area contributed by atoms with Crippen molar-refractivity contribution >= 4 is 17.6 Å². The van der Waals surface area contributed by atoms with Crippen molar-refractivity contribution in [1.29, 1.82) is 0 Å². The number of pyridine rings is 1. The summed E-state index contributed by atoms with van der Waals surface area (Å²) in [6, 6.07) is 9.35. The maximum atomic E-state index is 12.3. The molecule has 0 aliphatic carbocycles. The predicted molar refractivity (Wildman–Crippen MR) is 78.1 cm³/mol. The second-order valence-electron chi connectivity index (χ2n) is 4.83. The second kappa shape index (κ2) is 5.48. The molecule has 0 radical (unpaired) electrons. The number of amides is 2. The number of hydrogen-bond acceptors (Lipinski definition) is 6. The molecule has 0 N–H and O–H groups in total. The first-order valence-corrected chi connectivity index (χ1v) is 6.66. The van der Waals surface area contributed by atoms with E-state index >= 15 is 0 Å². The van der Waals surface area contributed by atoms with Gasteiger partial charge in [-0.15, -0.1) is 0 Å². The molecule has 1 aliphatic rings. The van der Waals surface area contributed by atoms with E-state index in [9.17, 15) is 19.7 Å². The Balaban J connectivity index is 1.92. The van der Waals surface area contributed by atoms with E-state index in [1.165, 1.54) is 19.2 Å². The van der Waals surface area contributed by atoms with Gasteiger partial charge in [-0.3, -0.25) is 14.5 Å². The Hall–Kier alpha value is -3.29. The van der Waals surface area contributed by atoms with Gasteiger partial charge in [-0.1, -0.05) is 12.1 Å². The van der Waals surface area contributed by atoms with Gasteiger partial charge in [0.05, 0.1) is 24.8 Å². The zero-order valence-electron chi connectivity index (χ0n) is 12.1. The highest BCUT2D eigenvalue weighted by molar-refractivity contribution is 6.21. The van der Waals surface area contributed by atoms with Gasteiger partial charge in [-0.2, -0.15) is 0 Å². The number of imide groups is 1. The molecule has 3 rings (SSSR count). The molecule has 8 nitrogen and oxygen atoms in total. The van der Waals surface area contributed by atoms with Crippen LogP contribution in [0.25, 0.3) is 0 Å². The van der Waals surface area contributed by atoms with E-state index in [0.29, 0.717) is 11.1 Å². The molecule has 1 aliphatic heterocycles. The van der Waals surface area contributed by atoms with E-state index < -0.39 is 22.6 Å². The van der Waals surface area contributed by atoms with Gasteiger partial charge in [0, 0.05) is 0 Å². The third kappa shape index (κ3) is 2.39. The monoisotopic (exact) mass is 313 g/mol. The molecule has 0 saturated carbocycles. The summed E-state index contributed by atoms with van der Waals surface area (Å²) in [5, 5.41) is 11.0. The van der Waals surface area contributed by atoms with Crippen molar-refractivity contribution in [2.75, 3.05) is 7.11 Å². The van der Waals surface area contributed by atoms with Crippen LogP contribution in [0.1, 0.15) is 26.4 Å². The first-order valence-electron chi connectivity index (χ1n) is 6.66. The number of hydrogen-bond donors (Lipinski definition) is 0. The Labute approximate surface area is 130 Å². The quantitative estimate of drug-likeness (QED) is 0.484. The van der Waals surface area contributed by atoms with Crippen molar-refractivity contribution in [3.63, 3.8) is 0 Å². The van der Waals surface area contributed by atoms with Gasteiger partial charge < -0.3 is 14.9 Å². The fourth-order valence-corrected chi connectivity index (χ4v) is 2.40. The lowest BCUT2D eigenvalue weighted by atomic mass is 10.1. The topological polar surface area (TPSA) is 103 Å². The summed E-state index contributed by atoms with van der Waals surface area (Å²) in [6.07, 6.45) is 0. The number of aromatic nitrogens is 1. The minimum atomic E-state index is -0.676. The zero-order valence-corrected chi connectivity index (χ0v) is 12.1. The number of methoxy groups -OCH3 is 1. The molecule has 2 amide bonds. The molecule has 23 heavy (non-hydrogen) atoms. The standard InChI is InChI=1S/C15H11N3O5/c1-23-12-7-6-9(16-13(12)18(21)22)8-17-14(19)10-4-2-3-5-11(10)15(17)20/h2-7H,8H2,1H3. The minimum absolute atomic E-state index is 0.0149. The first-order chi connectivity index (χ1) is 11.0. The molecule has 0 saturated heterocycles. The van der Waals surface area contributed by atoms with Crippen molar-refractivity contribution in [1.82, 2.24) is 9.88 Å². The number of nitro groups is 1. The molecular weight excluding hydrogens is 302 g/mol. The van der Waals surface area contributed by atoms with E-state index in [0.717, 1.165) is 4.90 Å². The van der Waals surface area contributed by atoms with Gasteiger partial charge in [0.25, 0.3) is 11.8 Å². The fourth-order valence-electron chi connectivity index (χ4n) is 2.40. The highest BCUT2D eigenvalue weighted by Crippen LogP contribution is 2.27. The Morgan fingerprint density at radius 2 is 1.74 bits per heavy atom. The van der Waals surface area contributed by atoms with Gasteiger partial charge >= 0.3 is 5.82 Å². The van der Waals surface area contributed by atoms with Crippen LogP contribution in [0, 0.1) is 10.1 Å². The first kappa shape index (κ1) is 14.6. The number of rotatable bonds is 4. The highest BCUT2D eigenvalue weighted by atomic mass is 16.6. The number of nitrogens with zero attached hydrogens (tertiary/aromatic N) is 3. The van der Waals surface area contributed by atoms with Gasteiger partial charge in [-0.25, -0.2) is 0 Å². The molecule has 1 aromatic carbocycles. The molecule has 1 aromatic heterocycles. The van der Waals surface area contributed by atoms with Gasteiger partial charge in [0.1, 0.15) is 0 Å². The molecule has 8 heteroatoms. The number of carbonyl (C=O) groups excluding carboxylic acids is 2. The molecule has 2 aromatic rings. The SMILES string of the molecule is COc1ccc(CN2C(=O)c3ccccc3C2=O)nc1[N+](=O)[O-]. The van der Waals surface area contributed by atoms with E-state index in [-0.39, 0.29) is 18.0 Å². The number of carbonyl (C=O) groups is 2. The van der Waals surface area contributed by atoms with Crippen molar-refractivity contribution in [3.8, 4) is 5.75 Å². The molecule has 0 spiro atoms. The summed E-state index contributed by atoms with van der Waals surface area (Å²) in [6.45, 7) is -0.142. The second-order valence-corrected chi connectivity index (χ2v) is 4.83. The number of benzene rings is 1. The van der Waals surface area contributed by atoms with Gasteiger partial charge in [0.2, 0.25) is 5.75 Å². The van der Waals surface area contributed by atoms with Crippen LogP contribution in [0.4, 0.5) is 5.82 Å². The van der Waals surface area contributed by atoms with Crippen LogP contribution < -0.4 is 4.74 Å². The van der Waals surface area contributed by atoms with Crippen molar-refractivity contribution in [2.24, 2.45) is 0 Å². The van der Waals surface area contributed by atoms with Crippen LogP contribution in [0.3, 0.4) is 0 Å². The van der Waals surface area contributed by atoms with Gasteiger partial charge in [-0.05, 0) is 34.2 Å². The molecule has 2 heterocycles. The van der Waals surface area contributed by atoms with Crippen molar-refractivity contribution in [2.45, 2.75) is 6.54 Å². The lowest BCUT2D eigenvalue weighted by Gasteiger charge is -2.11. The summed E-state index contributed by atoms with van der Waals surface area (Å²) in [5.74, 6) is -1.32. The summed E-state index contributed by atoms with van der Waals surface area (Å²) in [7, 11) is 1.30. The summed E-state index contributed by atoms with van der Waals surface area (Å²) >= 11 is 0. The largest absolute Gasteiger partial charge is 0.489 e. The average molecular weight is 313 g/mol. The van der Waals surface area contributed by atoms with Gasteiger partial charge in [0.15, 0.2) is 5.69 Å². The van der Waals surface area contributed by atoms with Crippen LogP contribution in [-0.2, 0) is 6.54 Å². The van der Waals surface area contributed by atoms with Crippen molar-refractivity contribution < 1.29 is 19.2 Å². The highest BCUT2D eigenvalue weighted by Gasteiger charge is 2.36. The Bertz CT molecular complexity index is 799. The molecule has 0 bridgehead atoms. The Kier molecular flexibility index (Phi) is 3.49. The maximum absolute atomic E-state index is 12.3. The summed E-state index contributed by atoms with van der Waals surface area (Å²) < 4.78 is 4.87.